The molecular weight excluding hydrogens is 604 g/mol. The van der Waals surface area contributed by atoms with Crippen LogP contribution < -0.4 is 15.5 Å². The molecule has 5 heterocycles. The van der Waals surface area contributed by atoms with E-state index in [-0.39, 0.29) is 29.1 Å². The van der Waals surface area contributed by atoms with Crippen LogP contribution in [0.25, 0.3) is 5.78 Å². The molecule has 2 amide bonds. The van der Waals surface area contributed by atoms with Crippen molar-refractivity contribution in [2.45, 2.75) is 76.5 Å². The van der Waals surface area contributed by atoms with Crippen LogP contribution in [0.5, 0.6) is 0 Å². The zero-order chi connectivity index (χ0) is 33.3. The number of piperazine rings is 1. The second kappa shape index (κ2) is 14.1. The zero-order valence-electron chi connectivity index (χ0n) is 28.9. The zero-order valence-corrected chi connectivity index (χ0v) is 28.9. The molecule has 2 atom stereocenters. The average Bonchev–Trinajstić information content (AvgIpc) is 3.54. The minimum atomic E-state index is -0.301. The predicted octanol–water partition coefficient (Wildman–Crippen LogP) is 3.96. The lowest BCUT2D eigenvalue weighted by Crippen LogP contribution is -2.44. The summed E-state index contributed by atoms with van der Waals surface area (Å²) in [5.41, 5.74) is 4.30. The van der Waals surface area contributed by atoms with Crippen molar-refractivity contribution in [1.82, 2.24) is 35.1 Å². The van der Waals surface area contributed by atoms with E-state index in [0.717, 1.165) is 100 Å². The third kappa shape index (κ3) is 7.08. The Hall–Kier alpha value is -3.57. The number of aromatic nitrogens is 4. The average molecular weight is 657 g/mol. The molecule has 1 aliphatic carbocycles. The molecule has 11 heteroatoms. The fraction of sp³-hybridized carbons (Fsp3) is 0.649. The minimum Gasteiger partial charge on any atom is -0.381 e. The standard InChI is InChI=1S/C37H52N8O3/c1-25-7-11-37(12-8-25,24-39-34(46)28-5-4-6-30(20-28)44-15-13-43(3)14-16-44)32-23-45-36(40-32)41-33(27-9-17-48-18-10-27)31(42-45)21-29-19-26(2)22-38-35(29)47/h4-6,20,23,25-27,29H,7-19,21-22,24H2,1-3H3,(H,38,47)(H,39,46)/t25?,26-,29+,37?/m0/s1. The molecule has 3 aliphatic heterocycles. The van der Waals surface area contributed by atoms with E-state index in [9.17, 15) is 9.59 Å². The van der Waals surface area contributed by atoms with Crippen LogP contribution in [0.4, 0.5) is 5.69 Å². The molecule has 2 aromatic heterocycles. The normalized spacial score (nSPS) is 27.6. The number of nitrogens with zero attached hydrogens (tertiary/aromatic N) is 6. The van der Waals surface area contributed by atoms with Gasteiger partial charge in [-0.25, -0.2) is 14.5 Å². The van der Waals surface area contributed by atoms with E-state index >= 15 is 0 Å². The Morgan fingerprint density at radius 2 is 1.81 bits per heavy atom. The highest BCUT2D eigenvalue weighted by Crippen LogP contribution is 2.41. The summed E-state index contributed by atoms with van der Waals surface area (Å²) in [6, 6.07) is 8.04. The minimum absolute atomic E-state index is 0.0481. The molecule has 7 rings (SSSR count). The summed E-state index contributed by atoms with van der Waals surface area (Å²) in [6.07, 6.45) is 9.30. The number of anilines is 1. The first kappa shape index (κ1) is 33.0. The molecule has 0 radical (unpaired) electrons. The van der Waals surface area contributed by atoms with Crippen molar-refractivity contribution in [1.29, 1.82) is 0 Å². The second-order valence-corrected chi connectivity index (χ2v) is 15.2. The number of hydrogen-bond donors (Lipinski definition) is 2. The van der Waals surface area contributed by atoms with Crippen molar-refractivity contribution < 1.29 is 14.3 Å². The lowest BCUT2D eigenvalue weighted by atomic mass is 9.69. The molecule has 258 valence electrons. The first-order valence-corrected chi connectivity index (χ1v) is 18.2. The molecule has 3 aromatic rings. The molecule has 1 saturated carbocycles. The molecule has 2 N–H and O–H groups in total. The number of amides is 2. The monoisotopic (exact) mass is 656 g/mol. The van der Waals surface area contributed by atoms with E-state index < -0.39 is 0 Å². The van der Waals surface area contributed by atoms with Crippen LogP contribution in [0.2, 0.25) is 0 Å². The van der Waals surface area contributed by atoms with E-state index in [0.29, 0.717) is 49.4 Å². The number of nitrogens with one attached hydrogen (secondary N) is 2. The van der Waals surface area contributed by atoms with E-state index in [1.807, 2.05) is 28.9 Å². The SMILES string of the molecule is CC1CCC(CNC(=O)c2cccc(N3CCN(C)CC3)c2)(c2cn3nc(C[C@H]4C[C@H](C)CNC4=O)c(C4CCOCC4)nc3n2)CC1. The van der Waals surface area contributed by atoms with Gasteiger partial charge in [-0.3, -0.25) is 9.59 Å². The summed E-state index contributed by atoms with van der Waals surface area (Å²) in [5, 5.41) is 11.6. The van der Waals surface area contributed by atoms with Gasteiger partial charge < -0.3 is 25.2 Å². The van der Waals surface area contributed by atoms with E-state index in [4.69, 9.17) is 19.8 Å². The summed E-state index contributed by atoms with van der Waals surface area (Å²) in [4.78, 5) is 41.6. The topological polar surface area (TPSA) is 117 Å². The van der Waals surface area contributed by atoms with Crippen LogP contribution >= 0.6 is 0 Å². The molecule has 0 unspecified atom stereocenters. The highest BCUT2D eigenvalue weighted by molar-refractivity contribution is 5.95. The van der Waals surface area contributed by atoms with Gasteiger partial charge in [-0.15, -0.1) is 0 Å². The summed E-state index contributed by atoms with van der Waals surface area (Å²) in [6.45, 7) is 11.1. The van der Waals surface area contributed by atoms with Crippen molar-refractivity contribution in [3.8, 4) is 0 Å². The number of fused-ring (bicyclic) bond motifs is 1. The summed E-state index contributed by atoms with van der Waals surface area (Å²) in [7, 11) is 2.15. The van der Waals surface area contributed by atoms with E-state index in [1.54, 1.807) is 0 Å². The quantitative estimate of drug-likeness (QED) is 0.375. The van der Waals surface area contributed by atoms with Crippen LogP contribution in [-0.4, -0.2) is 95.8 Å². The van der Waals surface area contributed by atoms with Crippen molar-refractivity contribution in [2.24, 2.45) is 17.8 Å². The maximum atomic E-state index is 13.7. The molecule has 0 spiro atoms. The molecule has 3 saturated heterocycles. The molecule has 4 aliphatic rings. The van der Waals surface area contributed by atoms with Crippen molar-refractivity contribution in [3.63, 3.8) is 0 Å². The van der Waals surface area contributed by atoms with Gasteiger partial charge in [-0.2, -0.15) is 5.10 Å². The number of carbonyl (C=O) groups is 2. The van der Waals surface area contributed by atoms with Crippen molar-refractivity contribution in [2.75, 3.05) is 64.4 Å². The number of piperidine rings is 1. The van der Waals surface area contributed by atoms with Gasteiger partial charge in [0.05, 0.1) is 23.3 Å². The fourth-order valence-corrected chi connectivity index (χ4v) is 8.17. The Morgan fingerprint density at radius 3 is 2.58 bits per heavy atom. The maximum absolute atomic E-state index is 13.7. The Labute approximate surface area is 284 Å². The number of hydrogen-bond acceptors (Lipinski definition) is 8. The molecule has 1 aromatic carbocycles. The first-order valence-electron chi connectivity index (χ1n) is 18.2. The number of ether oxygens (including phenoxy) is 1. The van der Waals surface area contributed by atoms with Crippen LogP contribution in [0, 0.1) is 17.8 Å². The van der Waals surface area contributed by atoms with Crippen LogP contribution in [-0.2, 0) is 21.4 Å². The van der Waals surface area contributed by atoms with E-state index in [2.05, 4.69) is 47.4 Å². The summed E-state index contributed by atoms with van der Waals surface area (Å²) in [5.74, 6) is 1.86. The van der Waals surface area contributed by atoms with Crippen LogP contribution in [0.1, 0.15) is 92.2 Å². The number of likely N-dealkylation sites (N-methyl/N-ethyl adjacent to an activating group) is 1. The Bertz CT molecular complexity index is 1600. The maximum Gasteiger partial charge on any atom is 0.251 e. The number of benzene rings is 1. The molecule has 4 fully saturated rings. The molecule has 0 bridgehead atoms. The van der Waals surface area contributed by atoms with Gasteiger partial charge in [-0.1, -0.05) is 19.9 Å². The second-order valence-electron chi connectivity index (χ2n) is 15.2. The third-order valence-corrected chi connectivity index (χ3v) is 11.5. The third-order valence-electron chi connectivity index (χ3n) is 11.5. The summed E-state index contributed by atoms with van der Waals surface area (Å²) >= 11 is 0. The predicted molar refractivity (Wildman–Crippen MR) is 185 cm³/mol. The summed E-state index contributed by atoms with van der Waals surface area (Å²) < 4.78 is 7.51. The number of imidazole rings is 1. The van der Waals surface area contributed by atoms with Crippen molar-refractivity contribution in [3.05, 3.63) is 53.1 Å². The first-order chi connectivity index (χ1) is 23.3. The van der Waals surface area contributed by atoms with Gasteiger partial charge >= 0.3 is 0 Å². The lowest BCUT2D eigenvalue weighted by molar-refractivity contribution is -0.127. The van der Waals surface area contributed by atoms with Gasteiger partial charge in [-0.05, 0) is 82.0 Å². The smallest absolute Gasteiger partial charge is 0.251 e. The largest absolute Gasteiger partial charge is 0.381 e. The van der Waals surface area contributed by atoms with Crippen molar-refractivity contribution >= 4 is 23.3 Å². The van der Waals surface area contributed by atoms with Gasteiger partial charge in [0.2, 0.25) is 5.91 Å². The van der Waals surface area contributed by atoms with E-state index in [1.165, 1.54) is 0 Å². The number of rotatable bonds is 8. The van der Waals surface area contributed by atoms with Gasteiger partial charge in [0.1, 0.15) is 0 Å². The molecular formula is C37H52N8O3. The Morgan fingerprint density at radius 1 is 1.04 bits per heavy atom. The lowest BCUT2D eigenvalue weighted by Gasteiger charge is -2.38. The number of carbonyl (C=O) groups excluding carboxylic acids is 2. The van der Waals surface area contributed by atoms with Crippen LogP contribution in [0.15, 0.2) is 30.5 Å². The highest BCUT2D eigenvalue weighted by atomic mass is 16.5. The Balaban J connectivity index is 1.16. The Kier molecular flexibility index (Phi) is 9.69. The van der Waals surface area contributed by atoms with Gasteiger partial charge in [0, 0.05) is 87.4 Å². The van der Waals surface area contributed by atoms with Crippen LogP contribution in [0.3, 0.4) is 0 Å². The van der Waals surface area contributed by atoms with Gasteiger partial charge in [0.15, 0.2) is 0 Å². The molecule has 11 nitrogen and oxygen atoms in total. The van der Waals surface area contributed by atoms with Gasteiger partial charge in [0.25, 0.3) is 11.7 Å². The fourth-order valence-electron chi connectivity index (χ4n) is 8.17. The molecule has 48 heavy (non-hydrogen) atoms. The highest BCUT2D eigenvalue weighted by Gasteiger charge is 2.39.